The molecule has 2 heterocycles. The maximum atomic E-state index is 5.41. The van der Waals surface area contributed by atoms with E-state index in [4.69, 9.17) is 9.73 Å². The molecule has 0 unspecified atom stereocenters. The van der Waals surface area contributed by atoms with Gasteiger partial charge in [0.25, 0.3) is 0 Å². The highest BCUT2D eigenvalue weighted by Gasteiger charge is 2.16. The van der Waals surface area contributed by atoms with Crippen LogP contribution in [0, 0.1) is 0 Å². The molecule has 8 heteroatoms. The van der Waals surface area contributed by atoms with Crippen molar-refractivity contribution in [2.24, 2.45) is 4.99 Å². The van der Waals surface area contributed by atoms with Crippen molar-refractivity contribution >= 4 is 5.96 Å². The highest BCUT2D eigenvalue weighted by molar-refractivity contribution is 5.80. The second kappa shape index (κ2) is 11.2. The Kier molecular flexibility index (Phi) is 8.35. The summed E-state index contributed by atoms with van der Waals surface area (Å²) in [6.45, 7) is 9.57. The lowest BCUT2D eigenvalue weighted by molar-refractivity contribution is 0.0377. The van der Waals surface area contributed by atoms with E-state index in [0.717, 1.165) is 77.1 Å². The van der Waals surface area contributed by atoms with Gasteiger partial charge in [-0.15, -0.1) is 10.2 Å². The fourth-order valence-electron chi connectivity index (χ4n) is 3.76. The Morgan fingerprint density at radius 1 is 1.26 bits per heavy atom. The third-order valence-corrected chi connectivity index (χ3v) is 5.36. The number of morpholine rings is 1. The molecule has 0 aromatic carbocycles. The lowest BCUT2D eigenvalue weighted by Crippen LogP contribution is -2.43. The highest BCUT2D eigenvalue weighted by atomic mass is 16.5. The predicted octanol–water partition coefficient (Wildman–Crippen LogP) is 1.04. The Bertz CT molecular complexity index is 562. The first-order valence-corrected chi connectivity index (χ1v) is 10.6. The normalized spacial score (nSPS) is 19.5. The number of rotatable bonds is 9. The molecule has 1 aromatic heterocycles. The third kappa shape index (κ3) is 6.77. The van der Waals surface area contributed by atoms with Crippen LogP contribution in [0.2, 0.25) is 0 Å². The molecular formula is C19H35N7O. The largest absolute Gasteiger partial charge is 0.379 e. The Morgan fingerprint density at radius 3 is 2.85 bits per heavy atom. The van der Waals surface area contributed by atoms with E-state index in [1.807, 2.05) is 6.33 Å². The number of aromatic nitrogens is 3. The molecule has 1 saturated heterocycles. The summed E-state index contributed by atoms with van der Waals surface area (Å²) in [7, 11) is 0. The molecule has 2 fully saturated rings. The molecule has 0 radical (unpaired) electrons. The van der Waals surface area contributed by atoms with Crippen molar-refractivity contribution < 1.29 is 4.74 Å². The van der Waals surface area contributed by atoms with Gasteiger partial charge in [-0.25, -0.2) is 0 Å². The zero-order chi connectivity index (χ0) is 18.7. The van der Waals surface area contributed by atoms with Crippen LogP contribution in [0.3, 0.4) is 0 Å². The fraction of sp³-hybridized carbons (Fsp3) is 0.842. The van der Waals surface area contributed by atoms with Crippen LogP contribution in [0.1, 0.15) is 44.9 Å². The first-order chi connectivity index (χ1) is 13.3. The summed E-state index contributed by atoms with van der Waals surface area (Å²) in [5.74, 6) is 1.99. The van der Waals surface area contributed by atoms with Crippen molar-refractivity contribution in [1.82, 2.24) is 30.3 Å². The van der Waals surface area contributed by atoms with Gasteiger partial charge in [0.1, 0.15) is 12.2 Å². The second-order valence-electron chi connectivity index (χ2n) is 7.38. The van der Waals surface area contributed by atoms with E-state index in [1.165, 1.54) is 25.7 Å². The molecular weight excluding hydrogens is 342 g/mol. The van der Waals surface area contributed by atoms with Crippen molar-refractivity contribution in [1.29, 1.82) is 0 Å². The molecule has 0 amide bonds. The summed E-state index contributed by atoms with van der Waals surface area (Å²) in [4.78, 5) is 7.30. The van der Waals surface area contributed by atoms with Gasteiger partial charge in [0, 0.05) is 51.7 Å². The maximum Gasteiger partial charge on any atom is 0.191 e. The number of aliphatic imine (C=N–C) groups is 1. The summed E-state index contributed by atoms with van der Waals surface area (Å²) in [6.07, 6.45) is 8.95. The zero-order valence-electron chi connectivity index (χ0n) is 16.7. The lowest BCUT2D eigenvalue weighted by Gasteiger charge is -2.26. The minimum absolute atomic E-state index is 0.566. The average Bonchev–Trinajstić information content (AvgIpc) is 3.37. The van der Waals surface area contributed by atoms with E-state index in [2.05, 4.69) is 37.2 Å². The van der Waals surface area contributed by atoms with Crippen LogP contribution < -0.4 is 10.6 Å². The maximum absolute atomic E-state index is 5.41. The molecule has 1 saturated carbocycles. The van der Waals surface area contributed by atoms with E-state index in [-0.39, 0.29) is 0 Å². The minimum Gasteiger partial charge on any atom is -0.379 e. The summed E-state index contributed by atoms with van der Waals surface area (Å²) >= 11 is 0. The molecule has 152 valence electrons. The quantitative estimate of drug-likeness (QED) is 0.380. The van der Waals surface area contributed by atoms with Gasteiger partial charge in [-0.3, -0.25) is 9.89 Å². The summed E-state index contributed by atoms with van der Waals surface area (Å²) in [5, 5.41) is 15.3. The van der Waals surface area contributed by atoms with Crippen molar-refractivity contribution in [3.63, 3.8) is 0 Å². The topological polar surface area (TPSA) is 79.6 Å². The van der Waals surface area contributed by atoms with Gasteiger partial charge in [-0.2, -0.15) is 0 Å². The Hall–Kier alpha value is -1.67. The van der Waals surface area contributed by atoms with Gasteiger partial charge in [-0.05, 0) is 19.3 Å². The standard InChI is InChI=1S/C19H35N7O/c1-2-18-24-22-16-26(18)11-9-21-19(23-17-6-3-4-7-17)20-8-5-10-25-12-14-27-15-13-25/h16-17H,2-15H2,1H3,(H2,20,21,23). The number of nitrogens with zero attached hydrogens (tertiary/aromatic N) is 5. The molecule has 0 spiro atoms. The molecule has 0 bridgehead atoms. The number of hydrogen-bond acceptors (Lipinski definition) is 5. The average molecular weight is 378 g/mol. The molecule has 1 aliphatic heterocycles. The van der Waals surface area contributed by atoms with Crippen LogP contribution in [-0.4, -0.2) is 77.6 Å². The smallest absolute Gasteiger partial charge is 0.191 e. The van der Waals surface area contributed by atoms with Gasteiger partial charge in [-0.1, -0.05) is 19.8 Å². The van der Waals surface area contributed by atoms with Gasteiger partial charge in [0.05, 0.1) is 13.2 Å². The minimum atomic E-state index is 0.566. The van der Waals surface area contributed by atoms with Crippen molar-refractivity contribution in [3.8, 4) is 0 Å². The Morgan fingerprint density at radius 2 is 2.07 bits per heavy atom. The SMILES string of the molecule is CCc1nncn1CCNC(=NCCCN1CCOCC1)NC1CCCC1. The number of guanidine groups is 1. The molecule has 8 nitrogen and oxygen atoms in total. The molecule has 1 aromatic rings. The van der Waals surface area contributed by atoms with Gasteiger partial charge < -0.3 is 19.9 Å². The molecule has 27 heavy (non-hydrogen) atoms. The van der Waals surface area contributed by atoms with E-state index in [9.17, 15) is 0 Å². The third-order valence-electron chi connectivity index (χ3n) is 5.36. The molecule has 2 N–H and O–H groups in total. The number of nitrogens with one attached hydrogen (secondary N) is 2. The van der Waals surface area contributed by atoms with E-state index in [0.29, 0.717) is 6.04 Å². The van der Waals surface area contributed by atoms with Crippen molar-refractivity contribution in [3.05, 3.63) is 12.2 Å². The summed E-state index contributed by atoms with van der Waals surface area (Å²) in [6, 6.07) is 0.566. The number of aryl methyl sites for hydroxylation is 1. The second-order valence-corrected chi connectivity index (χ2v) is 7.38. The van der Waals surface area contributed by atoms with Gasteiger partial charge in [0.15, 0.2) is 5.96 Å². The molecule has 2 aliphatic rings. The summed E-state index contributed by atoms with van der Waals surface area (Å²) in [5.41, 5.74) is 0. The number of hydrogen-bond donors (Lipinski definition) is 2. The van der Waals surface area contributed by atoms with Crippen LogP contribution in [0.5, 0.6) is 0 Å². The van der Waals surface area contributed by atoms with Crippen LogP contribution in [0.25, 0.3) is 0 Å². The van der Waals surface area contributed by atoms with Crippen molar-refractivity contribution in [2.45, 2.75) is 58.0 Å². The molecule has 3 rings (SSSR count). The monoisotopic (exact) mass is 377 g/mol. The highest BCUT2D eigenvalue weighted by Crippen LogP contribution is 2.17. The predicted molar refractivity (Wildman–Crippen MR) is 107 cm³/mol. The van der Waals surface area contributed by atoms with E-state index < -0.39 is 0 Å². The summed E-state index contributed by atoms with van der Waals surface area (Å²) < 4.78 is 7.52. The van der Waals surface area contributed by atoms with Crippen molar-refractivity contribution in [2.75, 3.05) is 45.9 Å². The number of ether oxygens (including phenoxy) is 1. The van der Waals surface area contributed by atoms with Crippen LogP contribution >= 0.6 is 0 Å². The lowest BCUT2D eigenvalue weighted by atomic mass is 10.2. The molecule has 1 aliphatic carbocycles. The first kappa shape index (κ1) is 20.1. The first-order valence-electron chi connectivity index (χ1n) is 10.6. The molecule has 0 atom stereocenters. The van der Waals surface area contributed by atoms with Gasteiger partial charge in [0.2, 0.25) is 0 Å². The fourth-order valence-corrected chi connectivity index (χ4v) is 3.76. The van der Waals surface area contributed by atoms with E-state index >= 15 is 0 Å². The Labute approximate surface area is 162 Å². The Balaban J connectivity index is 1.43. The zero-order valence-corrected chi connectivity index (χ0v) is 16.7. The van der Waals surface area contributed by atoms with E-state index in [1.54, 1.807) is 0 Å². The van der Waals surface area contributed by atoms with Gasteiger partial charge >= 0.3 is 0 Å². The van der Waals surface area contributed by atoms with Crippen LogP contribution in [-0.2, 0) is 17.7 Å². The van der Waals surface area contributed by atoms with Crippen LogP contribution in [0.15, 0.2) is 11.3 Å². The van der Waals surface area contributed by atoms with Crippen LogP contribution in [0.4, 0.5) is 0 Å².